The second kappa shape index (κ2) is 5.64. The van der Waals surface area contributed by atoms with Crippen LogP contribution in [-0.4, -0.2) is 36.6 Å². The van der Waals surface area contributed by atoms with E-state index in [0.717, 1.165) is 38.7 Å². The number of hydrogen-bond donors (Lipinski definition) is 1. The van der Waals surface area contributed by atoms with E-state index in [4.69, 9.17) is 14.6 Å². The molecule has 0 unspecified atom stereocenters. The third-order valence-corrected chi connectivity index (χ3v) is 3.16. The van der Waals surface area contributed by atoms with Gasteiger partial charge in [0.1, 0.15) is 0 Å². The molecule has 0 bridgehead atoms. The molecule has 86 valence electrons. The molecule has 0 aromatic rings. The summed E-state index contributed by atoms with van der Waals surface area (Å²) in [6.07, 6.45) is 10.1. The molecule has 1 N–H and O–H groups in total. The van der Waals surface area contributed by atoms with Crippen molar-refractivity contribution in [3.05, 3.63) is 12.2 Å². The van der Waals surface area contributed by atoms with Gasteiger partial charge in [-0.2, -0.15) is 0 Å². The van der Waals surface area contributed by atoms with Crippen LogP contribution in [0.3, 0.4) is 0 Å². The van der Waals surface area contributed by atoms with Gasteiger partial charge in [0, 0.05) is 6.61 Å². The van der Waals surface area contributed by atoms with Gasteiger partial charge in [-0.15, -0.1) is 0 Å². The number of fused-ring (bicyclic) bond motifs is 1. The Morgan fingerprint density at radius 2 is 2.00 bits per heavy atom. The average molecular weight is 212 g/mol. The molecular formula is C12H20O3. The second-order valence-corrected chi connectivity index (χ2v) is 4.31. The van der Waals surface area contributed by atoms with E-state index < -0.39 is 0 Å². The van der Waals surface area contributed by atoms with E-state index in [1.807, 2.05) is 6.08 Å². The number of hydrogen-bond acceptors (Lipinski definition) is 3. The third-order valence-electron chi connectivity index (χ3n) is 3.16. The molecule has 2 aliphatic rings. The number of ether oxygens (including phenoxy) is 2. The molecular weight excluding hydrogens is 192 g/mol. The molecule has 2 rings (SSSR count). The Labute approximate surface area is 91.1 Å². The van der Waals surface area contributed by atoms with Crippen molar-refractivity contribution in [3.8, 4) is 0 Å². The van der Waals surface area contributed by atoms with Crippen molar-refractivity contribution in [3.63, 3.8) is 0 Å². The maximum absolute atomic E-state index is 8.73. The van der Waals surface area contributed by atoms with E-state index in [-0.39, 0.29) is 18.8 Å². The summed E-state index contributed by atoms with van der Waals surface area (Å²) in [5.74, 6) is 0. The van der Waals surface area contributed by atoms with Crippen LogP contribution in [0.25, 0.3) is 0 Å². The van der Waals surface area contributed by atoms with Crippen LogP contribution in [0, 0.1) is 0 Å². The molecule has 15 heavy (non-hydrogen) atoms. The van der Waals surface area contributed by atoms with Gasteiger partial charge >= 0.3 is 0 Å². The monoisotopic (exact) mass is 212 g/mol. The minimum absolute atomic E-state index is 0.102. The van der Waals surface area contributed by atoms with Gasteiger partial charge in [0.05, 0.1) is 24.9 Å². The highest BCUT2D eigenvalue weighted by Gasteiger charge is 2.30. The molecule has 3 nitrogen and oxygen atoms in total. The standard InChI is InChI=1S/C12H20O3/c13-8-2-5-10-4-1-6-11-12(15-10)7-3-9-14-11/h2,5,10-13H,1,3-4,6-9H2/b5-2+/t10-,11+,12-/m0/s1. The molecule has 0 aromatic carbocycles. The van der Waals surface area contributed by atoms with Gasteiger partial charge in [0.25, 0.3) is 0 Å². The lowest BCUT2D eigenvalue weighted by Crippen LogP contribution is -2.36. The fourth-order valence-electron chi connectivity index (χ4n) is 2.40. The van der Waals surface area contributed by atoms with Gasteiger partial charge < -0.3 is 14.6 Å². The molecule has 0 aliphatic carbocycles. The molecule has 0 amide bonds. The Morgan fingerprint density at radius 1 is 1.13 bits per heavy atom. The maximum Gasteiger partial charge on any atom is 0.0845 e. The molecule has 2 saturated heterocycles. The summed E-state index contributed by atoms with van der Waals surface area (Å²) < 4.78 is 11.7. The zero-order valence-electron chi connectivity index (χ0n) is 9.10. The first-order valence-electron chi connectivity index (χ1n) is 5.95. The van der Waals surface area contributed by atoms with E-state index in [9.17, 15) is 0 Å². The van der Waals surface area contributed by atoms with Crippen LogP contribution in [0.4, 0.5) is 0 Å². The van der Waals surface area contributed by atoms with Crippen molar-refractivity contribution in [1.29, 1.82) is 0 Å². The summed E-state index contributed by atoms with van der Waals surface area (Å²) in [5, 5.41) is 8.73. The highest BCUT2D eigenvalue weighted by atomic mass is 16.5. The summed E-state index contributed by atoms with van der Waals surface area (Å²) >= 11 is 0. The maximum atomic E-state index is 8.73. The zero-order chi connectivity index (χ0) is 10.5. The Hall–Kier alpha value is -0.380. The van der Waals surface area contributed by atoms with Crippen molar-refractivity contribution < 1.29 is 14.6 Å². The van der Waals surface area contributed by atoms with Crippen molar-refractivity contribution in [2.24, 2.45) is 0 Å². The Morgan fingerprint density at radius 3 is 2.87 bits per heavy atom. The van der Waals surface area contributed by atoms with E-state index in [2.05, 4.69) is 0 Å². The Balaban J connectivity index is 1.92. The molecule has 0 saturated carbocycles. The van der Waals surface area contributed by atoms with Crippen LogP contribution in [0.15, 0.2) is 12.2 Å². The van der Waals surface area contributed by atoms with Crippen molar-refractivity contribution in [1.82, 2.24) is 0 Å². The smallest absolute Gasteiger partial charge is 0.0845 e. The lowest BCUT2D eigenvalue weighted by molar-refractivity contribution is -0.110. The predicted molar refractivity (Wildman–Crippen MR) is 57.7 cm³/mol. The van der Waals surface area contributed by atoms with E-state index in [0.29, 0.717) is 6.10 Å². The first-order chi connectivity index (χ1) is 7.40. The molecule has 3 atom stereocenters. The topological polar surface area (TPSA) is 38.7 Å². The molecule has 2 heterocycles. The van der Waals surface area contributed by atoms with E-state index in [1.54, 1.807) is 6.08 Å². The molecule has 3 heteroatoms. The highest BCUT2D eigenvalue weighted by molar-refractivity contribution is 4.92. The number of aliphatic hydroxyl groups excluding tert-OH is 1. The van der Waals surface area contributed by atoms with Crippen LogP contribution in [0.5, 0.6) is 0 Å². The fourth-order valence-corrected chi connectivity index (χ4v) is 2.40. The molecule has 0 aromatic heterocycles. The molecule has 0 spiro atoms. The van der Waals surface area contributed by atoms with Crippen molar-refractivity contribution in [2.75, 3.05) is 13.2 Å². The summed E-state index contributed by atoms with van der Waals surface area (Å²) in [7, 11) is 0. The van der Waals surface area contributed by atoms with Gasteiger partial charge in [0.2, 0.25) is 0 Å². The van der Waals surface area contributed by atoms with Gasteiger partial charge in [0.15, 0.2) is 0 Å². The minimum atomic E-state index is 0.102. The lowest BCUT2D eigenvalue weighted by Gasteiger charge is -2.31. The Bertz CT molecular complexity index is 215. The summed E-state index contributed by atoms with van der Waals surface area (Å²) in [4.78, 5) is 0. The molecule has 2 aliphatic heterocycles. The zero-order valence-corrected chi connectivity index (χ0v) is 9.10. The minimum Gasteiger partial charge on any atom is -0.392 e. The first-order valence-corrected chi connectivity index (χ1v) is 5.95. The van der Waals surface area contributed by atoms with Crippen LogP contribution in [0.1, 0.15) is 32.1 Å². The van der Waals surface area contributed by atoms with Crippen LogP contribution < -0.4 is 0 Å². The summed E-state index contributed by atoms with van der Waals surface area (Å²) in [6.45, 7) is 0.992. The van der Waals surface area contributed by atoms with Crippen LogP contribution >= 0.6 is 0 Å². The quantitative estimate of drug-likeness (QED) is 0.707. The van der Waals surface area contributed by atoms with Gasteiger partial charge in [-0.25, -0.2) is 0 Å². The van der Waals surface area contributed by atoms with Crippen LogP contribution in [0.2, 0.25) is 0 Å². The fraction of sp³-hybridized carbons (Fsp3) is 0.833. The molecule has 2 fully saturated rings. The Kier molecular flexibility index (Phi) is 4.18. The van der Waals surface area contributed by atoms with Gasteiger partial charge in [-0.05, 0) is 32.1 Å². The largest absolute Gasteiger partial charge is 0.392 e. The van der Waals surface area contributed by atoms with Gasteiger partial charge in [-0.1, -0.05) is 12.2 Å². The van der Waals surface area contributed by atoms with E-state index >= 15 is 0 Å². The second-order valence-electron chi connectivity index (χ2n) is 4.31. The van der Waals surface area contributed by atoms with Crippen LogP contribution in [-0.2, 0) is 9.47 Å². The summed E-state index contributed by atoms with van der Waals surface area (Å²) in [6, 6.07) is 0. The average Bonchev–Trinajstić information content (AvgIpc) is 2.47. The summed E-state index contributed by atoms with van der Waals surface area (Å²) in [5.41, 5.74) is 0. The lowest BCUT2D eigenvalue weighted by atomic mass is 10.0. The number of aliphatic hydroxyl groups is 1. The van der Waals surface area contributed by atoms with Crippen molar-refractivity contribution in [2.45, 2.75) is 50.4 Å². The normalized spacial score (nSPS) is 37.5. The van der Waals surface area contributed by atoms with Crippen molar-refractivity contribution >= 4 is 0 Å². The highest BCUT2D eigenvalue weighted by Crippen LogP contribution is 2.27. The first kappa shape index (κ1) is 11.1. The molecule has 0 radical (unpaired) electrons. The predicted octanol–water partition coefficient (Wildman–Crippen LogP) is 1.65. The van der Waals surface area contributed by atoms with Gasteiger partial charge in [-0.3, -0.25) is 0 Å². The number of rotatable bonds is 2. The van der Waals surface area contributed by atoms with E-state index in [1.165, 1.54) is 0 Å². The third kappa shape index (κ3) is 3.03. The SMILES string of the molecule is OC/C=C/[C@@H]1CCC[C@H]2OCCC[C@@H]2O1.